The van der Waals surface area contributed by atoms with Gasteiger partial charge in [0.25, 0.3) is 0 Å². The van der Waals surface area contributed by atoms with Crippen molar-refractivity contribution in [2.45, 2.75) is 13.3 Å². The molecule has 2 aromatic rings. The lowest BCUT2D eigenvalue weighted by Crippen LogP contribution is -1.99. The number of rotatable bonds is 5. The van der Waals surface area contributed by atoms with Crippen LogP contribution in [0.4, 0.5) is 5.69 Å². The van der Waals surface area contributed by atoms with Gasteiger partial charge in [-0.25, -0.2) is 0 Å². The molecule has 0 saturated heterocycles. The van der Waals surface area contributed by atoms with E-state index in [1.807, 2.05) is 13.0 Å². The van der Waals surface area contributed by atoms with Crippen molar-refractivity contribution < 1.29 is 19.3 Å². The van der Waals surface area contributed by atoms with Gasteiger partial charge >= 0.3 is 5.69 Å². The topological polar surface area (TPSA) is 78.9 Å². The van der Waals surface area contributed by atoms with E-state index >= 15 is 0 Å². The molecule has 0 atom stereocenters. The second kappa shape index (κ2) is 6.88. The summed E-state index contributed by atoms with van der Waals surface area (Å²) in [6.07, 6.45) is 0.647. The van der Waals surface area contributed by atoms with Crippen molar-refractivity contribution in [1.82, 2.24) is 0 Å². The third-order valence-corrected chi connectivity index (χ3v) is 3.67. The van der Waals surface area contributed by atoms with Crippen molar-refractivity contribution >= 4 is 5.69 Å². The van der Waals surface area contributed by atoms with Crippen LogP contribution in [0.5, 0.6) is 23.0 Å². The number of diazo groups is 1. The van der Waals surface area contributed by atoms with Crippen molar-refractivity contribution in [3.8, 4) is 34.1 Å². The minimum Gasteiger partial charge on any atom is -0.867 e. The summed E-state index contributed by atoms with van der Waals surface area (Å²) in [6.45, 7) is 1.95. The molecule has 2 aromatic carbocycles. The average molecular weight is 314 g/mol. The summed E-state index contributed by atoms with van der Waals surface area (Å²) in [5, 5.41) is 20.9. The zero-order valence-electron chi connectivity index (χ0n) is 13.5. The quantitative estimate of drug-likeness (QED) is 0.789. The van der Waals surface area contributed by atoms with E-state index in [1.165, 1.54) is 20.3 Å². The van der Waals surface area contributed by atoms with Gasteiger partial charge in [-0.2, -0.15) is 0 Å². The van der Waals surface area contributed by atoms with Crippen LogP contribution in [0.25, 0.3) is 16.1 Å². The summed E-state index contributed by atoms with van der Waals surface area (Å²) in [6, 6.07) is 6.60. The Morgan fingerprint density at radius 1 is 1.00 bits per heavy atom. The van der Waals surface area contributed by atoms with Crippen LogP contribution in [-0.4, -0.2) is 21.3 Å². The fourth-order valence-electron chi connectivity index (χ4n) is 2.55. The summed E-state index contributed by atoms with van der Waals surface area (Å²) in [5.41, 5.74) is 2.28. The molecule has 23 heavy (non-hydrogen) atoms. The summed E-state index contributed by atoms with van der Waals surface area (Å²) >= 11 is 0. The Labute approximate surface area is 134 Å². The standard InChI is InChI=1S/C17H18N2O4/c1-5-10-8-14(20)13(19-18)9-12(10)11-6-7-15(21-2)17(23-4)16(11)22-3/h6-9H,5H2,1-4H3. The van der Waals surface area contributed by atoms with Crippen LogP contribution in [0.15, 0.2) is 24.3 Å². The van der Waals surface area contributed by atoms with Gasteiger partial charge in [-0.15, -0.1) is 0 Å². The van der Waals surface area contributed by atoms with E-state index in [9.17, 15) is 5.11 Å². The molecule has 2 rings (SSSR count). The molecule has 6 nitrogen and oxygen atoms in total. The smallest absolute Gasteiger partial charge is 0.378 e. The summed E-state index contributed by atoms with van der Waals surface area (Å²) in [4.78, 5) is 3.05. The van der Waals surface area contributed by atoms with E-state index in [-0.39, 0.29) is 11.4 Å². The SMILES string of the molecule is CCc1cc([O-])c([N+]#N)cc1-c1ccc(OC)c(OC)c1OC. The molecule has 0 aliphatic carbocycles. The number of aryl methyl sites for hydroxylation is 1. The first-order chi connectivity index (χ1) is 11.1. The number of ether oxygens (including phenoxy) is 3. The van der Waals surface area contributed by atoms with Gasteiger partial charge in [0.1, 0.15) is 0 Å². The van der Waals surface area contributed by atoms with Gasteiger partial charge in [0.05, 0.1) is 21.3 Å². The molecule has 0 saturated carbocycles. The number of hydrogen-bond acceptors (Lipinski definition) is 5. The van der Waals surface area contributed by atoms with Gasteiger partial charge in [-0.3, -0.25) is 0 Å². The van der Waals surface area contributed by atoms with Crippen LogP contribution in [0.3, 0.4) is 0 Å². The molecule has 0 amide bonds. The molecule has 0 aliphatic heterocycles. The molecular formula is C17H18N2O4. The lowest BCUT2D eigenvalue weighted by molar-refractivity contribution is -0.266. The predicted molar refractivity (Wildman–Crippen MR) is 85.1 cm³/mol. The summed E-state index contributed by atoms with van der Waals surface area (Å²) in [7, 11) is 4.61. The third-order valence-electron chi connectivity index (χ3n) is 3.67. The first-order valence-electron chi connectivity index (χ1n) is 7.09. The van der Waals surface area contributed by atoms with Gasteiger partial charge < -0.3 is 19.3 Å². The number of benzene rings is 2. The first-order valence-corrected chi connectivity index (χ1v) is 7.09. The van der Waals surface area contributed by atoms with E-state index in [0.29, 0.717) is 23.7 Å². The van der Waals surface area contributed by atoms with Gasteiger partial charge in [0.15, 0.2) is 16.5 Å². The minimum absolute atomic E-state index is 0.0194. The summed E-state index contributed by atoms with van der Waals surface area (Å²) < 4.78 is 16.2. The Kier molecular flexibility index (Phi) is 4.91. The van der Waals surface area contributed by atoms with E-state index in [2.05, 4.69) is 4.98 Å². The van der Waals surface area contributed by atoms with Crippen LogP contribution < -0.4 is 19.3 Å². The van der Waals surface area contributed by atoms with Crippen LogP contribution in [0, 0.1) is 5.39 Å². The van der Waals surface area contributed by atoms with E-state index in [0.717, 1.165) is 16.7 Å². The average Bonchev–Trinajstić information content (AvgIpc) is 2.59. The zero-order valence-corrected chi connectivity index (χ0v) is 13.5. The Bertz CT molecular complexity index is 766. The zero-order chi connectivity index (χ0) is 17.0. The molecule has 6 heteroatoms. The third kappa shape index (κ3) is 2.86. The number of methoxy groups -OCH3 is 3. The number of nitrogens with zero attached hydrogens (tertiary/aromatic N) is 2. The maximum atomic E-state index is 11.9. The van der Waals surface area contributed by atoms with Gasteiger partial charge in [0, 0.05) is 11.6 Å². The fraction of sp³-hybridized carbons (Fsp3) is 0.294. The first kappa shape index (κ1) is 16.4. The Balaban J connectivity index is 2.79. The van der Waals surface area contributed by atoms with Crippen LogP contribution in [0.1, 0.15) is 12.5 Å². The van der Waals surface area contributed by atoms with Crippen molar-refractivity contribution in [3.05, 3.63) is 34.8 Å². The molecule has 0 spiro atoms. The lowest BCUT2D eigenvalue weighted by atomic mass is 9.95. The molecule has 0 fully saturated rings. The molecule has 0 radical (unpaired) electrons. The van der Waals surface area contributed by atoms with Crippen molar-refractivity contribution in [2.24, 2.45) is 0 Å². The largest absolute Gasteiger partial charge is 0.867 e. The number of hydrogen-bond donors (Lipinski definition) is 0. The highest BCUT2D eigenvalue weighted by Crippen LogP contribution is 2.46. The maximum absolute atomic E-state index is 11.9. The molecule has 0 unspecified atom stereocenters. The molecule has 0 heterocycles. The molecular weight excluding hydrogens is 296 g/mol. The van der Waals surface area contributed by atoms with Crippen molar-refractivity contribution in [1.29, 1.82) is 5.39 Å². The fourth-order valence-corrected chi connectivity index (χ4v) is 2.55. The van der Waals surface area contributed by atoms with E-state index < -0.39 is 0 Å². The highest BCUT2D eigenvalue weighted by molar-refractivity contribution is 5.82. The van der Waals surface area contributed by atoms with Gasteiger partial charge in [-0.1, -0.05) is 13.0 Å². The Morgan fingerprint density at radius 3 is 2.22 bits per heavy atom. The monoisotopic (exact) mass is 314 g/mol. The van der Waals surface area contributed by atoms with E-state index in [4.69, 9.17) is 19.6 Å². The minimum atomic E-state index is -0.326. The Hall–Kier alpha value is -2.94. The highest BCUT2D eigenvalue weighted by Gasteiger charge is 2.21. The molecule has 0 aromatic heterocycles. The second-order valence-corrected chi connectivity index (χ2v) is 4.81. The normalized spacial score (nSPS) is 10.0. The molecule has 0 bridgehead atoms. The molecule has 120 valence electrons. The molecule has 0 N–H and O–H groups in total. The maximum Gasteiger partial charge on any atom is 0.378 e. The van der Waals surface area contributed by atoms with Crippen LogP contribution in [0.2, 0.25) is 0 Å². The second-order valence-electron chi connectivity index (χ2n) is 4.81. The Morgan fingerprint density at radius 2 is 1.70 bits per heavy atom. The van der Waals surface area contributed by atoms with Gasteiger partial charge in [-0.05, 0) is 35.4 Å². The highest BCUT2D eigenvalue weighted by atomic mass is 16.5. The lowest BCUT2D eigenvalue weighted by Gasteiger charge is -2.18. The molecule has 0 aliphatic rings. The van der Waals surface area contributed by atoms with Crippen molar-refractivity contribution in [3.63, 3.8) is 0 Å². The summed E-state index contributed by atoms with van der Waals surface area (Å²) in [5.74, 6) is 1.17. The predicted octanol–water partition coefficient (Wildman–Crippen LogP) is 3.50. The van der Waals surface area contributed by atoms with Crippen LogP contribution >= 0.6 is 0 Å². The van der Waals surface area contributed by atoms with Gasteiger partial charge in [0.2, 0.25) is 11.1 Å². The van der Waals surface area contributed by atoms with E-state index in [1.54, 1.807) is 19.2 Å². The van der Waals surface area contributed by atoms with Crippen molar-refractivity contribution in [2.75, 3.05) is 21.3 Å². The van der Waals surface area contributed by atoms with Crippen LogP contribution in [-0.2, 0) is 6.42 Å².